The molecule has 0 spiro atoms. The minimum atomic E-state index is -1.75. The van der Waals surface area contributed by atoms with Crippen LogP contribution < -0.4 is 19.5 Å². The van der Waals surface area contributed by atoms with Crippen LogP contribution in [-0.4, -0.2) is 106 Å². The molecule has 20 heteroatoms. The van der Waals surface area contributed by atoms with E-state index in [1.807, 2.05) is 30.3 Å². The second-order valence-electron chi connectivity index (χ2n) is 17.8. The van der Waals surface area contributed by atoms with Crippen LogP contribution in [0.25, 0.3) is 0 Å². The third kappa shape index (κ3) is 13.3. The molecule has 1 fully saturated rings. The van der Waals surface area contributed by atoms with Gasteiger partial charge in [-0.3, -0.25) is 25.1 Å². The van der Waals surface area contributed by atoms with Gasteiger partial charge in [0.15, 0.2) is 0 Å². The van der Waals surface area contributed by atoms with E-state index in [9.17, 15) is 45.1 Å². The van der Waals surface area contributed by atoms with Crippen LogP contribution in [0, 0.1) is 38.0 Å². The summed E-state index contributed by atoms with van der Waals surface area (Å²) in [6.45, 7) is 3.47. The fraction of sp³-hybridized carbons (Fsp3) is 0.415. The van der Waals surface area contributed by atoms with E-state index in [1.165, 1.54) is 41.3 Å². The zero-order valence-corrected chi connectivity index (χ0v) is 40.3. The molecule has 1 aliphatic heterocycles. The second-order valence-corrected chi connectivity index (χ2v) is 17.8. The molecule has 73 heavy (non-hydrogen) atoms. The number of oxime groups is 1. The molecule has 7 rings (SSSR count). The van der Waals surface area contributed by atoms with Crippen LogP contribution in [0.1, 0.15) is 67.6 Å². The summed E-state index contributed by atoms with van der Waals surface area (Å²) >= 11 is 0. The third-order valence-corrected chi connectivity index (χ3v) is 13.3. The van der Waals surface area contributed by atoms with Gasteiger partial charge >= 0.3 is 12.2 Å². The highest BCUT2D eigenvalue weighted by molar-refractivity contribution is 6.03. The second kappa shape index (κ2) is 25.9. The standard InChI is InChI=1S/C53H61N5O15/c1-2-28-69-53-48(56(24-29-68-30-27-61)52(63)72-41-20-18-40(19-21-41)58(66)67)33-46(55-70-35-37-14-16-39(17-15-37)57(64)65)44-31-38(12-6-8-25-59)43(13-7-9-26-60)49(50(44)53)45-32-42(22-23-47(45)73-53)71-51(62)54-34-36-10-4-3-5-11-36/h2-5,10-11,14-23,31-32,38,43,48-50,59-61H,1,6-9,12-13,24-30,33-35H2,(H,54,62). The minimum Gasteiger partial charge on any atom is -0.459 e. The number of nitro groups is 2. The predicted molar refractivity (Wildman–Crippen MR) is 266 cm³/mol. The van der Waals surface area contributed by atoms with Crippen molar-refractivity contribution in [2.24, 2.45) is 22.9 Å². The van der Waals surface area contributed by atoms with Crippen molar-refractivity contribution >= 4 is 29.3 Å². The molecule has 0 aromatic heterocycles. The molecule has 0 saturated heterocycles. The van der Waals surface area contributed by atoms with Crippen molar-refractivity contribution in [3.05, 3.63) is 158 Å². The van der Waals surface area contributed by atoms with Crippen LogP contribution in [-0.2, 0) is 27.5 Å². The summed E-state index contributed by atoms with van der Waals surface area (Å²) in [5.41, 5.74) is 2.96. The number of hydrogen-bond donors (Lipinski definition) is 4. The lowest BCUT2D eigenvalue weighted by molar-refractivity contribution is -0.385. The molecule has 0 bridgehead atoms. The number of hydrogen-bond acceptors (Lipinski definition) is 16. The maximum absolute atomic E-state index is 14.9. The number of amides is 2. The van der Waals surface area contributed by atoms with Crippen molar-refractivity contribution in [2.75, 3.05) is 46.2 Å². The van der Waals surface area contributed by atoms with Gasteiger partial charge in [-0.25, -0.2) is 9.59 Å². The molecular weight excluding hydrogens is 947 g/mol. The summed E-state index contributed by atoms with van der Waals surface area (Å²) in [6, 6.07) is 24.3. The summed E-state index contributed by atoms with van der Waals surface area (Å²) in [5, 5.41) is 60.2. The van der Waals surface area contributed by atoms with Crippen molar-refractivity contribution in [3.63, 3.8) is 0 Å². The molecular formula is C53H61N5O15. The van der Waals surface area contributed by atoms with E-state index in [0.29, 0.717) is 66.7 Å². The van der Waals surface area contributed by atoms with Crippen LogP contribution in [0.2, 0.25) is 0 Å². The Kier molecular flexibility index (Phi) is 19.0. The number of fused-ring (bicyclic) bond motifs is 2. The fourth-order valence-electron chi connectivity index (χ4n) is 10.0. The van der Waals surface area contributed by atoms with Crippen LogP contribution >= 0.6 is 0 Å². The number of allylic oxidation sites excluding steroid dienone is 1. The van der Waals surface area contributed by atoms with Crippen LogP contribution in [0.3, 0.4) is 0 Å². The van der Waals surface area contributed by atoms with Gasteiger partial charge < -0.3 is 49.2 Å². The lowest BCUT2D eigenvalue weighted by atomic mass is 9.55. The molecule has 6 unspecified atom stereocenters. The molecule has 1 heterocycles. The smallest absolute Gasteiger partial charge is 0.415 e. The SMILES string of the molecule is C=CCOC12Oc3ccc(OC(=O)NCc4ccccc4)cc3C3C(CCCCO)C(CCCCO)C=C(C(=NOCc4ccc([N+](=O)[O-])cc4)CC1N(CCOCCO)C(=O)Oc1ccc([N+](=O)[O-])cc1)C32. The largest absolute Gasteiger partial charge is 0.459 e. The zero-order chi connectivity index (χ0) is 51.7. The fourth-order valence-corrected chi connectivity index (χ4v) is 10.0. The van der Waals surface area contributed by atoms with Gasteiger partial charge in [-0.15, -0.1) is 6.58 Å². The minimum absolute atomic E-state index is 0.00850. The van der Waals surface area contributed by atoms with Gasteiger partial charge in [-0.1, -0.05) is 60.5 Å². The molecule has 20 nitrogen and oxygen atoms in total. The summed E-state index contributed by atoms with van der Waals surface area (Å²) < 4.78 is 31.9. The number of aliphatic hydroxyl groups is 3. The number of carbonyl (C=O) groups excluding carboxylic acids is 2. The van der Waals surface area contributed by atoms with Gasteiger partial charge in [-0.2, -0.15) is 0 Å². The van der Waals surface area contributed by atoms with Gasteiger partial charge in [0.1, 0.15) is 29.9 Å². The van der Waals surface area contributed by atoms with E-state index in [2.05, 4.69) is 18.0 Å². The Bertz CT molecular complexity index is 2580. The molecule has 0 radical (unpaired) electrons. The topological polar surface area (TPSA) is 264 Å². The molecule has 4 N–H and O–H groups in total. The summed E-state index contributed by atoms with van der Waals surface area (Å²) in [7, 11) is 0. The third-order valence-electron chi connectivity index (χ3n) is 13.3. The Hall–Kier alpha value is -7.23. The first-order valence-corrected chi connectivity index (χ1v) is 24.3. The Morgan fingerprint density at radius 3 is 2.19 bits per heavy atom. The quantitative estimate of drug-likeness (QED) is 0.0200. The number of benzene rings is 4. The predicted octanol–water partition coefficient (Wildman–Crippen LogP) is 8.14. The number of carbonyl (C=O) groups is 2. The number of nitrogens with zero attached hydrogens (tertiary/aromatic N) is 4. The van der Waals surface area contributed by atoms with E-state index in [-0.39, 0.29) is 100 Å². The van der Waals surface area contributed by atoms with Gasteiger partial charge in [0.2, 0.25) is 5.79 Å². The summed E-state index contributed by atoms with van der Waals surface area (Å²) in [6.07, 6.45) is 5.72. The molecule has 6 atom stereocenters. The summed E-state index contributed by atoms with van der Waals surface area (Å²) in [5.74, 6) is -2.76. The van der Waals surface area contributed by atoms with E-state index >= 15 is 0 Å². The van der Waals surface area contributed by atoms with Gasteiger partial charge in [0.05, 0.1) is 47.9 Å². The van der Waals surface area contributed by atoms with Gasteiger partial charge in [-0.05, 0) is 96.7 Å². The van der Waals surface area contributed by atoms with E-state index in [0.717, 1.165) is 5.56 Å². The van der Waals surface area contributed by atoms with E-state index < -0.39 is 45.7 Å². The molecule has 388 valence electrons. The number of unbranched alkanes of at least 4 members (excludes halogenated alkanes) is 2. The maximum atomic E-state index is 14.9. The van der Waals surface area contributed by atoms with Crippen LogP contribution in [0.5, 0.6) is 17.2 Å². The number of ether oxygens (including phenoxy) is 5. The first-order valence-electron chi connectivity index (χ1n) is 24.3. The van der Waals surface area contributed by atoms with Crippen molar-refractivity contribution in [2.45, 2.75) is 75.8 Å². The molecule has 1 saturated carbocycles. The monoisotopic (exact) mass is 1010 g/mol. The number of rotatable bonds is 26. The Morgan fingerprint density at radius 2 is 1.52 bits per heavy atom. The van der Waals surface area contributed by atoms with Crippen LogP contribution in [0.15, 0.2) is 127 Å². The average molecular weight is 1010 g/mol. The molecule has 2 amide bonds. The zero-order valence-electron chi connectivity index (χ0n) is 40.3. The van der Waals surface area contributed by atoms with Crippen molar-refractivity contribution < 1.29 is 63.3 Å². The molecule has 3 aliphatic rings. The molecule has 4 aromatic rings. The summed E-state index contributed by atoms with van der Waals surface area (Å²) in [4.78, 5) is 57.7. The van der Waals surface area contributed by atoms with E-state index in [1.54, 1.807) is 36.4 Å². The van der Waals surface area contributed by atoms with Gasteiger partial charge in [0.25, 0.3) is 11.4 Å². The Balaban J connectivity index is 1.40. The van der Waals surface area contributed by atoms with Gasteiger partial charge in [0, 0.05) is 68.5 Å². The maximum Gasteiger partial charge on any atom is 0.415 e. The normalized spacial score (nSPS) is 21.1. The lowest BCUT2D eigenvalue weighted by Gasteiger charge is -2.59. The Labute approximate surface area is 422 Å². The highest BCUT2D eigenvalue weighted by Gasteiger charge is 2.65. The highest BCUT2D eigenvalue weighted by Crippen LogP contribution is 2.62. The molecule has 4 aromatic carbocycles. The van der Waals surface area contributed by atoms with Crippen molar-refractivity contribution in [1.29, 1.82) is 0 Å². The van der Waals surface area contributed by atoms with Crippen molar-refractivity contribution in [3.8, 4) is 17.2 Å². The average Bonchev–Trinajstić information content (AvgIpc) is 3.39. The molecule has 2 aliphatic carbocycles. The Morgan fingerprint density at radius 1 is 0.836 bits per heavy atom. The number of non-ortho nitro benzene ring substituents is 2. The lowest BCUT2D eigenvalue weighted by Crippen LogP contribution is -2.70. The van der Waals surface area contributed by atoms with Crippen molar-refractivity contribution in [1.82, 2.24) is 10.2 Å². The van der Waals surface area contributed by atoms with E-state index in [4.69, 9.17) is 33.7 Å². The first kappa shape index (κ1) is 53.6. The first-order chi connectivity index (χ1) is 35.5. The van der Waals surface area contributed by atoms with Crippen LogP contribution in [0.4, 0.5) is 21.0 Å². The number of aliphatic hydroxyl groups excluding tert-OH is 3. The number of nitrogens with one attached hydrogen (secondary N) is 1. The number of nitro benzene ring substituents is 2. The highest BCUT2D eigenvalue weighted by atomic mass is 16.7.